The Bertz CT molecular complexity index is 350. The highest BCUT2D eigenvalue weighted by atomic mass is 79.9. The van der Waals surface area contributed by atoms with Crippen molar-refractivity contribution in [2.24, 2.45) is 0 Å². The van der Waals surface area contributed by atoms with Gasteiger partial charge in [0.05, 0.1) is 0 Å². The van der Waals surface area contributed by atoms with Crippen LogP contribution in [0.2, 0.25) is 0 Å². The monoisotopic (exact) mass is 284 g/mol. The zero-order valence-corrected chi connectivity index (χ0v) is 11.0. The van der Waals surface area contributed by atoms with Crippen LogP contribution in [0.4, 0.5) is 0 Å². The van der Waals surface area contributed by atoms with Crippen molar-refractivity contribution in [1.82, 2.24) is 0 Å². The van der Waals surface area contributed by atoms with E-state index in [1.807, 2.05) is 18.2 Å². The number of hydrogen-bond donors (Lipinski definition) is 1. The van der Waals surface area contributed by atoms with Crippen LogP contribution in [0.1, 0.15) is 44.3 Å². The number of unbranched alkanes of at least 4 members (excludes halogenated alkanes) is 2. The molecule has 0 saturated carbocycles. The van der Waals surface area contributed by atoms with E-state index in [1.165, 1.54) is 0 Å². The minimum Gasteiger partial charge on any atom is -0.381 e. The minimum absolute atomic E-state index is 0.0969. The van der Waals surface area contributed by atoms with Gasteiger partial charge in [-0.25, -0.2) is 0 Å². The fourth-order valence-electron chi connectivity index (χ4n) is 1.56. The highest BCUT2D eigenvalue weighted by molar-refractivity contribution is 9.10. The molecule has 0 aliphatic rings. The van der Waals surface area contributed by atoms with Crippen molar-refractivity contribution >= 4 is 21.7 Å². The van der Waals surface area contributed by atoms with E-state index < -0.39 is 6.10 Å². The summed E-state index contributed by atoms with van der Waals surface area (Å²) >= 11 is 3.33. The highest BCUT2D eigenvalue weighted by Crippen LogP contribution is 2.24. The van der Waals surface area contributed by atoms with E-state index in [9.17, 15) is 9.90 Å². The first-order valence-electron chi connectivity index (χ1n) is 5.62. The quantitative estimate of drug-likeness (QED) is 0.810. The second kappa shape index (κ2) is 6.81. The molecule has 0 aliphatic heterocycles. The summed E-state index contributed by atoms with van der Waals surface area (Å²) in [5.74, 6) is -0.0969. The summed E-state index contributed by atoms with van der Waals surface area (Å²) in [6.07, 6.45) is 2.44. The molecule has 3 heteroatoms. The van der Waals surface area contributed by atoms with Crippen molar-refractivity contribution < 1.29 is 9.90 Å². The molecule has 1 aromatic rings. The van der Waals surface area contributed by atoms with E-state index in [2.05, 4.69) is 22.9 Å². The maximum absolute atomic E-state index is 11.7. The fourth-order valence-corrected chi connectivity index (χ4v) is 2.06. The molecule has 1 rings (SSSR count). The number of hydrogen-bond acceptors (Lipinski definition) is 2. The van der Waals surface area contributed by atoms with Crippen LogP contribution in [0.25, 0.3) is 0 Å². The highest BCUT2D eigenvalue weighted by Gasteiger charge is 2.18. The number of benzene rings is 1. The van der Waals surface area contributed by atoms with Crippen LogP contribution in [-0.4, -0.2) is 10.9 Å². The summed E-state index contributed by atoms with van der Waals surface area (Å²) in [6, 6.07) is 7.29. The Labute approximate surface area is 105 Å². The van der Waals surface area contributed by atoms with Gasteiger partial charge in [-0.3, -0.25) is 4.79 Å². The molecular weight excluding hydrogens is 268 g/mol. The number of Topliss-reactive ketones (excluding diaryl/α,β-unsaturated/α-hetero) is 1. The molecular formula is C13H17BrO2. The molecule has 1 N–H and O–H groups in total. The van der Waals surface area contributed by atoms with Gasteiger partial charge >= 0.3 is 0 Å². The largest absolute Gasteiger partial charge is 0.381 e. The van der Waals surface area contributed by atoms with Crippen LogP contribution in [0.3, 0.4) is 0 Å². The first-order chi connectivity index (χ1) is 7.66. The van der Waals surface area contributed by atoms with Gasteiger partial charge in [-0.1, -0.05) is 53.9 Å². The standard InChI is InChI=1S/C13H17BrO2/c1-2-3-4-9-12(15)13(16)10-7-5-6-8-11(10)14/h5-8,13,16H,2-4,9H2,1H3. The topological polar surface area (TPSA) is 37.3 Å². The minimum atomic E-state index is -0.993. The first-order valence-corrected chi connectivity index (χ1v) is 6.41. The lowest BCUT2D eigenvalue weighted by molar-refractivity contribution is -0.127. The van der Waals surface area contributed by atoms with Gasteiger partial charge in [-0.15, -0.1) is 0 Å². The van der Waals surface area contributed by atoms with Crippen LogP contribution < -0.4 is 0 Å². The van der Waals surface area contributed by atoms with Crippen LogP contribution in [0.15, 0.2) is 28.7 Å². The lowest BCUT2D eigenvalue weighted by atomic mass is 10.0. The van der Waals surface area contributed by atoms with E-state index in [-0.39, 0.29) is 5.78 Å². The van der Waals surface area contributed by atoms with Gasteiger partial charge in [0.25, 0.3) is 0 Å². The van der Waals surface area contributed by atoms with Crippen molar-refractivity contribution in [3.8, 4) is 0 Å². The average Bonchev–Trinajstić information content (AvgIpc) is 2.29. The van der Waals surface area contributed by atoms with Gasteiger partial charge in [-0.2, -0.15) is 0 Å². The van der Waals surface area contributed by atoms with Gasteiger partial charge in [0, 0.05) is 16.5 Å². The number of ketones is 1. The van der Waals surface area contributed by atoms with Crippen molar-refractivity contribution in [2.45, 2.75) is 38.7 Å². The maximum atomic E-state index is 11.7. The lowest BCUT2D eigenvalue weighted by Gasteiger charge is -2.11. The van der Waals surface area contributed by atoms with Gasteiger partial charge < -0.3 is 5.11 Å². The summed E-state index contributed by atoms with van der Waals surface area (Å²) in [6.45, 7) is 2.09. The summed E-state index contributed by atoms with van der Waals surface area (Å²) in [4.78, 5) is 11.7. The fraction of sp³-hybridized carbons (Fsp3) is 0.462. The van der Waals surface area contributed by atoms with Crippen LogP contribution in [-0.2, 0) is 4.79 Å². The number of aliphatic hydroxyl groups is 1. The average molecular weight is 285 g/mol. The van der Waals surface area contributed by atoms with E-state index in [0.717, 1.165) is 23.7 Å². The summed E-state index contributed by atoms with van der Waals surface area (Å²) in [7, 11) is 0. The molecule has 0 spiro atoms. The molecule has 0 radical (unpaired) electrons. The van der Waals surface area contributed by atoms with Gasteiger partial charge in [0.2, 0.25) is 0 Å². The van der Waals surface area contributed by atoms with Gasteiger partial charge in [0.15, 0.2) is 5.78 Å². The van der Waals surface area contributed by atoms with Crippen molar-refractivity contribution in [2.75, 3.05) is 0 Å². The molecule has 0 aromatic heterocycles. The molecule has 0 bridgehead atoms. The molecule has 16 heavy (non-hydrogen) atoms. The first kappa shape index (κ1) is 13.4. The Morgan fingerprint density at radius 3 is 2.69 bits per heavy atom. The number of carbonyl (C=O) groups excluding carboxylic acids is 1. The summed E-state index contributed by atoms with van der Waals surface area (Å²) in [5, 5.41) is 9.89. The second-order valence-corrected chi connectivity index (χ2v) is 4.70. The number of rotatable bonds is 6. The molecule has 0 saturated heterocycles. The molecule has 0 heterocycles. The number of carbonyl (C=O) groups is 1. The maximum Gasteiger partial charge on any atom is 0.165 e. The number of halogens is 1. The molecule has 0 amide bonds. The summed E-state index contributed by atoms with van der Waals surface area (Å²) < 4.78 is 0.784. The Hall–Kier alpha value is -0.670. The predicted octanol–water partition coefficient (Wildman–Crippen LogP) is 3.63. The molecule has 0 fully saturated rings. The van der Waals surface area contributed by atoms with Crippen LogP contribution in [0.5, 0.6) is 0 Å². The third-order valence-electron chi connectivity index (χ3n) is 2.53. The van der Waals surface area contributed by atoms with Crippen molar-refractivity contribution in [1.29, 1.82) is 0 Å². The molecule has 2 nitrogen and oxygen atoms in total. The van der Waals surface area contributed by atoms with Crippen molar-refractivity contribution in [3.05, 3.63) is 34.3 Å². The smallest absolute Gasteiger partial charge is 0.165 e. The number of aliphatic hydroxyl groups excluding tert-OH is 1. The van der Waals surface area contributed by atoms with Crippen LogP contribution >= 0.6 is 15.9 Å². The predicted molar refractivity (Wildman–Crippen MR) is 68.3 cm³/mol. The Morgan fingerprint density at radius 1 is 1.38 bits per heavy atom. The van der Waals surface area contributed by atoms with E-state index >= 15 is 0 Å². The van der Waals surface area contributed by atoms with Crippen LogP contribution in [0, 0.1) is 0 Å². The lowest BCUT2D eigenvalue weighted by Crippen LogP contribution is -2.12. The SMILES string of the molecule is CCCCCC(=O)C(O)c1ccccc1Br. The molecule has 0 aliphatic carbocycles. The second-order valence-electron chi connectivity index (χ2n) is 3.85. The third kappa shape index (κ3) is 3.72. The van der Waals surface area contributed by atoms with E-state index in [4.69, 9.17) is 0 Å². The zero-order valence-electron chi connectivity index (χ0n) is 9.45. The normalized spacial score (nSPS) is 12.4. The third-order valence-corrected chi connectivity index (χ3v) is 3.25. The molecule has 1 aromatic carbocycles. The van der Waals surface area contributed by atoms with E-state index in [1.54, 1.807) is 6.07 Å². The Morgan fingerprint density at radius 2 is 2.06 bits per heavy atom. The molecule has 1 atom stereocenters. The van der Waals surface area contributed by atoms with Crippen molar-refractivity contribution in [3.63, 3.8) is 0 Å². The Balaban J connectivity index is 2.60. The molecule has 88 valence electrons. The van der Waals surface area contributed by atoms with E-state index in [0.29, 0.717) is 12.0 Å². The summed E-state index contributed by atoms with van der Waals surface area (Å²) in [5.41, 5.74) is 0.656. The van der Waals surface area contributed by atoms with Gasteiger partial charge in [0.1, 0.15) is 6.10 Å². The zero-order chi connectivity index (χ0) is 12.0. The molecule has 1 unspecified atom stereocenters. The Kier molecular flexibility index (Phi) is 5.71. The van der Waals surface area contributed by atoms with Gasteiger partial charge in [-0.05, 0) is 12.5 Å².